The van der Waals surface area contributed by atoms with Gasteiger partial charge < -0.3 is 25.0 Å². The Kier molecular flexibility index (Phi) is 8.30. The lowest BCUT2D eigenvalue weighted by atomic mass is 10.1. The molecule has 1 saturated heterocycles. The van der Waals surface area contributed by atoms with Gasteiger partial charge in [0.05, 0.1) is 13.0 Å². The van der Waals surface area contributed by atoms with Crippen LogP contribution in [-0.4, -0.2) is 38.0 Å². The van der Waals surface area contributed by atoms with Crippen LogP contribution in [0.1, 0.15) is 17.5 Å². The summed E-state index contributed by atoms with van der Waals surface area (Å²) in [6.45, 7) is 2.26. The van der Waals surface area contributed by atoms with E-state index in [0.717, 1.165) is 11.1 Å². The van der Waals surface area contributed by atoms with Crippen molar-refractivity contribution in [1.82, 2.24) is 5.32 Å². The number of nitrogens with zero attached hydrogens (tertiary/aromatic N) is 1. The van der Waals surface area contributed by atoms with E-state index in [-0.39, 0.29) is 37.3 Å². The van der Waals surface area contributed by atoms with Crippen LogP contribution < -0.4 is 25.0 Å². The van der Waals surface area contributed by atoms with Gasteiger partial charge in [-0.3, -0.25) is 14.4 Å². The fourth-order valence-corrected chi connectivity index (χ4v) is 4.28. The molecule has 0 saturated carbocycles. The highest BCUT2D eigenvalue weighted by atomic mass is 35.5. The van der Waals surface area contributed by atoms with Crippen LogP contribution in [0.3, 0.4) is 0 Å². The predicted molar refractivity (Wildman–Crippen MR) is 142 cm³/mol. The Hall–Kier alpha value is -4.04. The number of anilines is 2. The summed E-state index contributed by atoms with van der Waals surface area (Å²) in [5.41, 5.74) is 2.94. The molecule has 0 aliphatic carbocycles. The molecule has 2 N–H and O–H groups in total. The fourth-order valence-electron chi connectivity index (χ4n) is 4.11. The Morgan fingerprint density at radius 1 is 1.05 bits per heavy atom. The first-order chi connectivity index (χ1) is 17.9. The smallest absolute Gasteiger partial charge is 0.262 e. The monoisotopic (exact) mass is 521 g/mol. The number of benzene rings is 3. The molecule has 1 fully saturated rings. The Labute approximate surface area is 220 Å². The number of carbonyl (C=O) groups excluding carboxylic acids is 3. The van der Waals surface area contributed by atoms with E-state index in [9.17, 15) is 14.4 Å². The third-order valence-electron chi connectivity index (χ3n) is 6.20. The lowest BCUT2D eigenvalue weighted by molar-refractivity contribution is -0.126. The molecule has 1 aliphatic heterocycles. The first-order valence-electron chi connectivity index (χ1n) is 11.8. The van der Waals surface area contributed by atoms with E-state index in [1.807, 2.05) is 31.2 Å². The molecule has 0 bridgehead atoms. The molecule has 1 atom stereocenters. The number of methoxy groups -OCH3 is 1. The number of ether oxygens (including phenoxy) is 2. The zero-order chi connectivity index (χ0) is 26.4. The SMILES string of the molecule is COc1ccccc1CNC(=O)[C@@H]1CC(=O)N(c2ccc(OCC(=O)Nc3cccc(Cl)c3C)cc2)C1. The maximum atomic E-state index is 12.7. The van der Waals surface area contributed by atoms with Crippen LogP contribution in [0.25, 0.3) is 0 Å². The molecule has 192 valence electrons. The van der Waals surface area contributed by atoms with Gasteiger partial charge >= 0.3 is 0 Å². The van der Waals surface area contributed by atoms with Gasteiger partial charge in [0.2, 0.25) is 11.8 Å². The Morgan fingerprint density at radius 3 is 2.57 bits per heavy atom. The first-order valence-corrected chi connectivity index (χ1v) is 12.2. The van der Waals surface area contributed by atoms with Crippen LogP contribution in [0.2, 0.25) is 5.02 Å². The molecule has 3 aromatic carbocycles. The highest BCUT2D eigenvalue weighted by Gasteiger charge is 2.35. The van der Waals surface area contributed by atoms with Gasteiger partial charge in [0.15, 0.2) is 6.61 Å². The molecule has 3 amide bonds. The minimum Gasteiger partial charge on any atom is -0.496 e. The van der Waals surface area contributed by atoms with E-state index in [4.69, 9.17) is 21.1 Å². The molecular formula is C28H28ClN3O5. The van der Waals surface area contributed by atoms with Crippen molar-refractivity contribution in [1.29, 1.82) is 0 Å². The molecule has 3 aromatic rings. The van der Waals surface area contributed by atoms with Crippen molar-refractivity contribution in [2.75, 3.05) is 30.5 Å². The number of para-hydroxylation sites is 1. The van der Waals surface area contributed by atoms with Crippen LogP contribution >= 0.6 is 11.6 Å². The van der Waals surface area contributed by atoms with Crippen molar-refractivity contribution in [2.24, 2.45) is 5.92 Å². The van der Waals surface area contributed by atoms with Crippen LogP contribution in [-0.2, 0) is 20.9 Å². The van der Waals surface area contributed by atoms with Crippen molar-refractivity contribution in [3.05, 3.63) is 82.9 Å². The van der Waals surface area contributed by atoms with Gasteiger partial charge in [-0.15, -0.1) is 0 Å². The number of amides is 3. The van der Waals surface area contributed by atoms with Crippen molar-refractivity contribution in [3.8, 4) is 11.5 Å². The standard InChI is InChI=1S/C28H28ClN3O5/c1-18-23(29)7-5-8-24(18)31-26(33)17-37-22-12-10-21(11-13-22)32-16-20(14-27(32)34)28(35)30-15-19-6-3-4-9-25(19)36-2/h3-13,20H,14-17H2,1-2H3,(H,30,35)(H,31,33)/t20-/m1/s1. The lowest BCUT2D eigenvalue weighted by Crippen LogP contribution is -2.32. The van der Waals surface area contributed by atoms with E-state index < -0.39 is 5.92 Å². The van der Waals surface area contributed by atoms with Gasteiger partial charge in [0.25, 0.3) is 5.91 Å². The van der Waals surface area contributed by atoms with Gasteiger partial charge in [-0.1, -0.05) is 35.9 Å². The van der Waals surface area contributed by atoms with Gasteiger partial charge in [-0.25, -0.2) is 0 Å². The lowest BCUT2D eigenvalue weighted by Gasteiger charge is -2.17. The largest absolute Gasteiger partial charge is 0.496 e. The molecule has 0 unspecified atom stereocenters. The summed E-state index contributed by atoms with van der Waals surface area (Å²) in [5.74, 6) is 0.124. The molecule has 1 aliphatic rings. The summed E-state index contributed by atoms with van der Waals surface area (Å²) in [4.78, 5) is 39.2. The van der Waals surface area contributed by atoms with E-state index in [1.54, 1.807) is 54.5 Å². The predicted octanol–water partition coefficient (Wildman–Crippen LogP) is 4.34. The number of hydrogen-bond donors (Lipinski definition) is 2. The minimum atomic E-state index is -0.447. The average Bonchev–Trinajstić information content (AvgIpc) is 3.30. The quantitative estimate of drug-likeness (QED) is 0.436. The van der Waals surface area contributed by atoms with Gasteiger partial charge in [-0.05, 0) is 55.0 Å². The Balaban J connectivity index is 1.28. The summed E-state index contributed by atoms with van der Waals surface area (Å²) < 4.78 is 10.9. The van der Waals surface area contributed by atoms with Gasteiger partial charge in [-0.2, -0.15) is 0 Å². The van der Waals surface area contributed by atoms with E-state index in [1.165, 1.54) is 0 Å². The summed E-state index contributed by atoms with van der Waals surface area (Å²) >= 11 is 6.09. The van der Waals surface area contributed by atoms with Crippen molar-refractivity contribution < 1.29 is 23.9 Å². The van der Waals surface area contributed by atoms with Gasteiger partial charge in [0.1, 0.15) is 11.5 Å². The summed E-state index contributed by atoms with van der Waals surface area (Å²) in [5, 5.41) is 6.26. The molecular weight excluding hydrogens is 494 g/mol. The van der Waals surface area contributed by atoms with Crippen LogP contribution in [0.4, 0.5) is 11.4 Å². The highest BCUT2D eigenvalue weighted by molar-refractivity contribution is 6.31. The Morgan fingerprint density at radius 2 is 1.81 bits per heavy atom. The number of hydrogen-bond acceptors (Lipinski definition) is 5. The van der Waals surface area contributed by atoms with Crippen LogP contribution in [0.15, 0.2) is 66.7 Å². The second kappa shape index (κ2) is 11.8. The topological polar surface area (TPSA) is 97.0 Å². The molecule has 9 heteroatoms. The maximum Gasteiger partial charge on any atom is 0.262 e. The maximum absolute atomic E-state index is 12.7. The van der Waals surface area contributed by atoms with E-state index in [2.05, 4.69) is 10.6 Å². The second-order valence-corrected chi connectivity index (χ2v) is 9.09. The molecule has 1 heterocycles. The van der Waals surface area contributed by atoms with Crippen LogP contribution in [0, 0.1) is 12.8 Å². The highest BCUT2D eigenvalue weighted by Crippen LogP contribution is 2.28. The van der Waals surface area contributed by atoms with E-state index >= 15 is 0 Å². The third kappa shape index (κ3) is 6.40. The first kappa shape index (κ1) is 26.0. The number of halogens is 1. The van der Waals surface area contributed by atoms with E-state index in [0.29, 0.717) is 34.4 Å². The molecule has 8 nitrogen and oxygen atoms in total. The average molecular weight is 522 g/mol. The summed E-state index contributed by atoms with van der Waals surface area (Å²) in [7, 11) is 1.58. The van der Waals surface area contributed by atoms with Gasteiger partial charge in [0, 0.05) is 41.5 Å². The third-order valence-corrected chi connectivity index (χ3v) is 6.61. The second-order valence-electron chi connectivity index (χ2n) is 8.68. The number of nitrogens with one attached hydrogen (secondary N) is 2. The zero-order valence-electron chi connectivity index (χ0n) is 20.6. The molecule has 0 radical (unpaired) electrons. The molecule has 37 heavy (non-hydrogen) atoms. The number of carbonyl (C=O) groups is 3. The summed E-state index contributed by atoms with van der Waals surface area (Å²) in [6.07, 6.45) is 0.138. The number of rotatable bonds is 9. The normalized spacial score (nSPS) is 14.8. The fraction of sp³-hybridized carbons (Fsp3) is 0.250. The Bertz CT molecular complexity index is 1300. The zero-order valence-corrected chi connectivity index (χ0v) is 21.4. The molecule has 0 aromatic heterocycles. The van der Waals surface area contributed by atoms with Crippen LogP contribution in [0.5, 0.6) is 11.5 Å². The molecule has 0 spiro atoms. The minimum absolute atomic E-state index is 0.123. The van der Waals surface area contributed by atoms with Crippen molar-refractivity contribution in [2.45, 2.75) is 19.9 Å². The summed E-state index contributed by atoms with van der Waals surface area (Å²) in [6, 6.07) is 19.6. The van der Waals surface area contributed by atoms with Crippen molar-refractivity contribution in [3.63, 3.8) is 0 Å². The van der Waals surface area contributed by atoms with Crippen molar-refractivity contribution >= 4 is 40.7 Å². The molecule has 4 rings (SSSR count).